The van der Waals surface area contributed by atoms with E-state index >= 15 is 0 Å². The predicted octanol–water partition coefficient (Wildman–Crippen LogP) is 14.7. The minimum atomic E-state index is -0.757. The van der Waals surface area contributed by atoms with Gasteiger partial charge in [-0.3, -0.25) is 14.4 Å². The third kappa shape index (κ3) is 41.4. The average Bonchev–Trinajstić information content (AvgIpc) is 3.14. The SMILES string of the molecule is CCCCCCCCCCCCCCCCC(=O)O[C@@H](COC(=O)CCCCCCC)COC(=O)CCCCCCCCCCCCCCCC(C)C. The summed E-state index contributed by atoms with van der Waals surface area (Å²) >= 11 is 0. The molecule has 0 aromatic heterocycles. The van der Waals surface area contributed by atoms with Crippen LogP contribution in [0.1, 0.15) is 259 Å². The molecule has 0 aliphatic carbocycles. The molecule has 0 rings (SSSR count). The second-order valence-corrected chi connectivity index (χ2v) is 16.5. The van der Waals surface area contributed by atoms with Crippen LogP contribution in [-0.4, -0.2) is 37.2 Å². The fourth-order valence-electron chi connectivity index (χ4n) is 6.98. The molecule has 0 unspecified atom stereocenters. The Morgan fingerprint density at radius 2 is 0.623 bits per heavy atom. The van der Waals surface area contributed by atoms with E-state index in [4.69, 9.17) is 14.2 Å². The Morgan fingerprint density at radius 3 is 0.925 bits per heavy atom. The van der Waals surface area contributed by atoms with Crippen LogP contribution in [0.2, 0.25) is 0 Å². The molecular formula is C47H90O6. The Balaban J connectivity index is 4.16. The molecule has 1 atom stereocenters. The first kappa shape index (κ1) is 51.4. The van der Waals surface area contributed by atoms with E-state index in [1.165, 1.54) is 148 Å². The lowest BCUT2D eigenvalue weighted by Crippen LogP contribution is -2.30. The average molecular weight is 751 g/mol. The van der Waals surface area contributed by atoms with Crippen molar-refractivity contribution in [2.45, 2.75) is 265 Å². The molecule has 0 N–H and O–H groups in total. The molecule has 0 aliphatic rings. The lowest BCUT2D eigenvalue weighted by molar-refractivity contribution is -0.167. The highest BCUT2D eigenvalue weighted by Gasteiger charge is 2.19. The second-order valence-electron chi connectivity index (χ2n) is 16.5. The van der Waals surface area contributed by atoms with Crippen molar-refractivity contribution in [3.05, 3.63) is 0 Å². The zero-order chi connectivity index (χ0) is 38.9. The Labute approximate surface area is 329 Å². The number of hydrogen-bond donors (Lipinski definition) is 0. The van der Waals surface area contributed by atoms with Gasteiger partial charge in [0, 0.05) is 19.3 Å². The van der Waals surface area contributed by atoms with Crippen molar-refractivity contribution in [3.8, 4) is 0 Å². The molecule has 0 aromatic rings. The van der Waals surface area contributed by atoms with Crippen molar-refractivity contribution < 1.29 is 28.6 Å². The van der Waals surface area contributed by atoms with Gasteiger partial charge in [-0.15, -0.1) is 0 Å². The van der Waals surface area contributed by atoms with Gasteiger partial charge in [-0.05, 0) is 25.2 Å². The summed E-state index contributed by atoms with van der Waals surface area (Å²) in [6, 6.07) is 0. The Morgan fingerprint density at radius 1 is 0.358 bits per heavy atom. The van der Waals surface area contributed by atoms with Crippen LogP contribution in [0.4, 0.5) is 0 Å². The molecule has 53 heavy (non-hydrogen) atoms. The fraction of sp³-hybridized carbons (Fsp3) is 0.936. The first-order chi connectivity index (χ1) is 25.9. The normalized spacial score (nSPS) is 11.9. The molecule has 0 fully saturated rings. The van der Waals surface area contributed by atoms with Crippen molar-refractivity contribution in [1.29, 1.82) is 0 Å². The summed E-state index contributed by atoms with van der Waals surface area (Å²) in [5.41, 5.74) is 0. The molecule has 0 heterocycles. The van der Waals surface area contributed by atoms with Crippen LogP contribution in [0.25, 0.3) is 0 Å². The zero-order valence-corrected chi connectivity index (χ0v) is 36.0. The van der Waals surface area contributed by atoms with E-state index in [-0.39, 0.29) is 31.1 Å². The molecule has 0 saturated heterocycles. The molecule has 0 saturated carbocycles. The van der Waals surface area contributed by atoms with Gasteiger partial charge in [0.25, 0.3) is 0 Å². The van der Waals surface area contributed by atoms with Crippen LogP contribution in [0, 0.1) is 5.92 Å². The van der Waals surface area contributed by atoms with Crippen LogP contribution in [0.15, 0.2) is 0 Å². The zero-order valence-electron chi connectivity index (χ0n) is 36.0. The van der Waals surface area contributed by atoms with Crippen molar-refractivity contribution in [3.63, 3.8) is 0 Å². The van der Waals surface area contributed by atoms with Crippen molar-refractivity contribution in [2.24, 2.45) is 5.92 Å². The molecule has 0 aliphatic heterocycles. The van der Waals surface area contributed by atoms with Gasteiger partial charge in [-0.2, -0.15) is 0 Å². The largest absolute Gasteiger partial charge is 0.462 e. The molecule has 6 heteroatoms. The molecule has 314 valence electrons. The fourth-order valence-corrected chi connectivity index (χ4v) is 6.98. The Bertz CT molecular complexity index is 796. The quantitative estimate of drug-likeness (QED) is 0.0351. The highest BCUT2D eigenvalue weighted by atomic mass is 16.6. The first-order valence-electron chi connectivity index (χ1n) is 23.4. The van der Waals surface area contributed by atoms with Gasteiger partial charge >= 0.3 is 17.9 Å². The van der Waals surface area contributed by atoms with Crippen LogP contribution < -0.4 is 0 Å². The summed E-state index contributed by atoms with van der Waals surface area (Å²) < 4.78 is 16.6. The van der Waals surface area contributed by atoms with Crippen LogP contribution >= 0.6 is 0 Å². The summed E-state index contributed by atoms with van der Waals surface area (Å²) in [5, 5.41) is 0. The van der Waals surface area contributed by atoms with Crippen LogP contribution in [0.5, 0.6) is 0 Å². The third-order valence-corrected chi connectivity index (χ3v) is 10.5. The van der Waals surface area contributed by atoms with E-state index in [9.17, 15) is 14.4 Å². The van der Waals surface area contributed by atoms with Gasteiger partial charge in [0.15, 0.2) is 6.10 Å². The monoisotopic (exact) mass is 751 g/mol. The van der Waals surface area contributed by atoms with Crippen LogP contribution in [0.3, 0.4) is 0 Å². The van der Waals surface area contributed by atoms with Gasteiger partial charge in [0.1, 0.15) is 13.2 Å². The number of carbonyl (C=O) groups excluding carboxylic acids is 3. The predicted molar refractivity (Wildman–Crippen MR) is 224 cm³/mol. The molecule has 0 spiro atoms. The maximum atomic E-state index is 12.7. The van der Waals surface area contributed by atoms with E-state index < -0.39 is 6.10 Å². The first-order valence-corrected chi connectivity index (χ1v) is 23.4. The van der Waals surface area contributed by atoms with Crippen molar-refractivity contribution >= 4 is 17.9 Å². The summed E-state index contributed by atoms with van der Waals surface area (Å²) in [5.74, 6) is -0.0257. The van der Waals surface area contributed by atoms with E-state index in [0.717, 1.165) is 70.1 Å². The van der Waals surface area contributed by atoms with E-state index in [2.05, 4.69) is 27.7 Å². The highest BCUT2D eigenvalue weighted by molar-refractivity contribution is 5.71. The summed E-state index contributed by atoms with van der Waals surface area (Å²) in [4.78, 5) is 37.5. The van der Waals surface area contributed by atoms with Crippen molar-refractivity contribution in [2.75, 3.05) is 13.2 Å². The standard InChI is InChI=1S/C47H90O6/c1-5-7-9-11-12-13-14-15-18-22-25-28-32-36-40-47(50)53-44(41-51-45(48)38-34-29-10-8-6-2)42-52-46(49)39-35-31-27-24-21-19-16-17-20-23-26-30-33-37-43(3)4/h43-44H,5-42H2,1-4H3/t44-/m0/s1. The molecule has 0 amide bonds. The lowest BCUT2D eigenvalue weighted by atomic mass is 10.0. The van der Waals surface area contributed by atoms with E-state index in [1.54, 1.807) is 0 Å². The van der Waals surface area contributed by atoms with E-state index in [1.807, 2.05) is 0 Å². The van der Waals surface area contributed by atoms with Gasteiger partial charge < -0.3 is 14.2 Å². The smallest absolute Gasteiger partial charge is 0.306 e. The summed E-state index contributed by atoms with van der Waals surface area (Å²) in [6.45, 7) is 8.93. The number of unbranched alkanes of at least 4 members (excludes halogenated alkanes) is 29. The topological polar surface area (TPSA) is 78.9 Å². The molecule has 6 nitrogen and oxygen atoms in total. The summed E-state index contributed by atoms with van der Waals surface area (Å²) in [7, 11) is 0. The summed E-state index contributed by atoms with van der Waals surface area (Å²) in [6.07, 6.45) is 41.1. The number of carbonyl (C=O) groups is 3. The highest BCUT2D eigenvalue weighted by Crippen LogP contribution is 2.16. The van der Waals surface area contributed by atoms with E-state index in [0.29, 0.717) is 19.3 Å². The number of hydrogen-bond acceptors (Lipinski definition) is 6. The van der Waals surface area contributed by atoms with Gasteiger partial charge in [-0.25, -0.2) is 0 Å². The molecule has 0 aromatic carbocycles. The molecule has 0 bridgehead atoms. The number of ether oxygens (including phenoxy) is 3. The Kier molecular flexibility index (Phi) is 40.3. The maximum Gasteiger partial charge on any atom is 0.306 e. The maximum absolute atomic E-state index is 12.7. The number of esters is 3. The lowest BCUT2D eigenvalue weighted by Gasteiger charge is -2.18. The van der Waals surface area contributed by atoms with Gasteiger partial charge in [0.05, 0.1) is 0 Å². The minimum absolute atomic E-state index is 0.0644. The second kappa shape index (κ2) is 41.6. The number of rotatable bonds is 42. The van der Waals surface area contributed by atoms with Crippen LogP contribution in [-0.2, 0) is 28.6 Å². The Hall–Kier alpha value is -1.59. The minimum Gasteiger partial charge on any atom is -0.462 e. The molecular weight excluding hydrogens is 661 g/mol. The third-order valence-electron chi connectivity index (χ3n) is 10.5. The molecule has 0 radical (unpaired) electrons. The van der Waals surface area contributed by atoms with Gasteiger partial charge in [-0.1, -0.05) is 220 Å². The van der Waals surface area contributed by atoms with Gasteiger partial charge in [0.2, 0.25) is 0 Å². The van der Waals surface area contributed by atoms with Crippen molar-refractivity contribution in [1.82, 2.24) is 0 Å².